The Labute approximate surface area is 129 Å². The molecule has 0 radical (unpaired) electrons. The van der Waals surface area contributed by atoms with Crippen molar-refractivity contribution in [1.29, 1.82) is 0 Å². The first kappa shape index (κ1) is 15.5. The van der Waals surface area contributed by atoms with Crippen molar-refractivity contribution in [3.8, 4) is 0 Å². The number of anilines is 1. The fourth-order valence-electron chi connectivity index (χ4n) is 1.85. The minimum Gasteiger partial charge on any atom is -0.357 e. The Morgan fingerprint density at radius 2 is 2.24 bits per heavy atom. The van der Waals surface area contributed by atoms with Gasteiger partial charge in [0.15, 0.2) is 5.13 Å². The molecule has 4 nitrogen and oxygen atoms in total. The summed E-state index contributed by atoms with van der Waals surface area (Å²) < 4.78 is 0. The standard InChI is InChI=1S/C16H21N3OS/c1-4-11(2)19-15(20)14-7-5-6-13(8-14)10-18-16-17-9-12(3)21-16/h5-9,11H,4,10H2,1-3H3,(H,17,18)(H,19,20). The third-order valence-corrected chi connectivity index (χ3v) is 4.11. The Balaban J connectivity index is 1.98. The van der Waals surface area contributed by atoms with Crippen LogP contribution in [0.1, 0.15) is 41.1 Å². The molecule has 0 spiro atoms. The summed E-state index contributed by atoms with van der Waals surface area (Å²) in [4.78, 5) is 17.5. The molecule has 0 aliphatic heterocycles. The fourth-order valence-corrected chi connectivity index (χ4v) is 2.51. The van der Waals surface area contributed by atoms with E-state index < -0.39 is 0 Å². The van der Waals surface area contributed by atoms with Crippen LogP contribution >= 0.6 is 11.3 Å². The molecule has 2 N–H and O–H groups in total. The van der Waals surface area contributed by atoms with Crippen molar-refractivity contribution in [2.75, 3.05) is 5.32 Å². The van der Waals surface area contributed by atoms with Gasteiger partial charge in [-0.1, -0.05) is 19.1 Å². The van der Waals surface area contributed by atoms with Gasteiger partial charge in [-0.15, -0.1) is 11.3 Å². The Morgan fingerprint density at radius 3 is 2.90 bits per heavy atom. The Hall–Kier alpha value is -1.88. The van der Waals surface area contributed by atoms with Crippen molar-refractivity contribution in [3.63, 3.8) is 0 Å². The number of thiazole rings is 1. The SMILES string of the molecule is CCC(C)NC(=O)c1cccc(CNc2ncc(C)s2)c1. The lowest BCUT2D eigenvalue weighted by Gasteiger charge is -2.12. The number of rotatable bonds is 6. The lowest BCUT2D eigenvalue weighted by atomic mass is 10.1. The summed E-state index contributed by atoms with van der Waals surface area (Å²) in [5.74, 6) is -0.0173. The maximum absolute atomic E-state index is 12.1. The van der Waals surface area contributed by atoms with Crippen LogP contribution in [-0.2, 0) is 6.54 Å². The van der Waals surface area contributed by atoms with Crippen LogP contribution in [0, 0.1) is 6.92 Å². The van der Waals surface area contributed by atoms with E-state index >= 15 is 0 Å². The van der Waals surface area contributed by atoms with Crippen LogP contribution in [0.2, 0.25) is 0 Å². The highest BCUT2D eigenvalue weighted by molar-refractivity contribution is 7.15. The predicted molar refractivity (Wildman–Crippen MR) is 87.8 cm³/mol. The number of hydrogen-bond acceptors (Lipinski definition) is 4. The van der Waals surface area contributed by atoms with Crippen LogP contribution in [0.5, 0.6) is 0 Å². The maximum atomic E-state index is 12.1. The number of aryl methyl sites for hydroxylation is 1. The first-order valence-electron chi connectivity index (χ1n) is 7.14. The molecule has 5 heteroatoms. The summed E-state index contributed by atoms with van der Waals surface area (Å²) in [6, 6.07) is 7.88. The molecule has 1 atom stereocenters. The minimum atomic E-state index is -0.0173. The number of nitrogens with one attached hydrogen (secondary N) is 2. The van der Waals surface area contributed by atoms with Gasteiger partial charge in [0.2, 0.25) is 0 Å². The summed E-state index contributed by atoms with van der Waals surface area (Å²) in [5.41, 5.74) is 1.77. The third-order valence-electron chi connectivity index (χ3n) is 3.24. The van der Waals surface area contributed by atoms with E-state index in [0.717, 1.165) is 17.1 Å². The van der Waals surface area contributed by atoms with Gasteiger partial charge in [0.05, 0.1) is 0 Å². The van der Waals surface area contributed by atoms with Gasteiger partial charge in [-0.25, -0.2) is 4.98 Å². The summed E-state index contributed by atoms with van der Waals surface area (Å²) in [6.45, 7) is 6.76. The molecule has 2 aromatic rings. The number of amides is 1. The lowest BCUT2D eigenvalue weighted by Crippen LogP contribution is -2.31. The molecule has 0 bridgehead atoms. The molecule has 21 heavy (non-hydrogen) atoms. The van der Waals surface area contributed by atoms with Crippen LogP contribution in [0.25, 0.3) is 0 Å². The number of carbonyl (C=O) groups excluding carboxylic acids is 1. The molecule has 0 saturated heterocycles. The zero-order valence-corrected chi connectivity index (χ0v) is 13.5. The zero-order valence-electron chi connectivity index (χ0n) is 12.6. The summed E-state index contributed by atoms with van der Waals surface area (Å²) in [5, 5.41) is 7.16. The monoisotopic (exact) mass is 303 g/mol. The van der Waals surface area contributed by atoms with Crippen molar-refractivity contribution in [1.82, 2.24) is 10.3 Å². The number of benzene rings is 1. The van der Waals surface area contributed by atoms with Gasteiger partial charge in [0.25, 0.3) is 5.91 Å². The highest BCUT2D eigenvalue weighted by Gasteiger charge is 2.09. The topological polar surface area (TPSA) is 54.0 Å². The Kier molecular flexibility index (Phi) is 5.33. The average molecular weight is 303 g/mol. The van der Waals surface area contributed by atoms with Crippen LogP contribution in [0.3, 0.4) is 0 Å². The third kappa shape index (κ3) is 4.56. The van der Waals surface area contributed by atoms with Crippen molar-refractivity contribution in [2.45, 2.75) is 39.8 Å². The van der Waals surface area contributed by atoms with Crippen molar-refractivity contribution >= 4 is 22.4 Å². The van der Waals surface area contributed by atoms with Crippen LogP contribution in [-0.4, -0.2) is 16.9 Å². The second-order valence-electron chi connectivity index (χ2n) is 5.11. The van der Waals surface area contributed by atoms with Gasteiger partial charge in [-0.2, -0.15) is 0 Å². The van der Waals surface area contributed by atoms with Crippen molar-refractivity contribution in [2.24, 2.45) is 0 Å². The first-order valence-corrected chi connectivity index (χ1v) is 7.96. The summed E-state index contributed by atoms with van der Waals surface area (Å²) in [6.07, 6.45) is 2.78. The molecule has 1 heterocycles. The molecular formula is C16H21N3OS. The quantitative estimate of drug-likeness (QED) is 0.857. The molecule has 1 aromatic carbocycles. The molecule has 0 fully saturated rings. The maximum Gasteiger partial charge on any atom is 0.251 e. The highest BCUT2D eigenvalue weighted by atomic mass is 32.1. The highest BCUT2D eigenvalue weighted by Crippen LogP contribution is 2.17. The minimum absolute atomic E-state index is 0.0173. The van der Waals surface area contributed by atoms with E-state index in [9.17, 15) is 4.79 Å². The normalized spacial score (nSPS) is 12.0. The van der Waals surface area contributed by atoms with Gasteiger partial charge < -0.3 is 10.6 Å². The van der Waals surface area contributed by atoms with Crippen molar-refractivity contribution < 1.29 is 4.79 Å². The molecule has 2 rings (SSSR count). The number of hydrogen-bond donors (Lipinski definition) is 2. The lowest BCUT2D eigenvalue weighted by molar-refractivity contribution is 0.0939. The van der Waals surface area contributed by atoms with Gasteiger partial charge >= 0.3 is 0 Å². The first-order chi connectivity index (χ1) is 10.1. The van der Waals surface area contributed by atoms with E-state index in [4.69, 9.17) is 0 Å². The van der Waals surface area contributed by atoms with E-state index in [1.807, 2.05) is 44.3 Å². The van der Waals surface area contributed by atoms with E-state index in [-0.39, 0.29) is 11.9 Å². The molecule has 1 unspecified atom stereocenters. The van der Waals surface area contributed by atoms with Gasteiger partial charge in [-0.3, -0.25) is 4.79 Å². The molecule has 1 amide bonds. The van der Waals surface area contributed by atoms with E-state index in [2.05, 4.69) is 22.5 Å². The molecule has 112 valence electrons. The van der Waals surface area contributed by atoms with E-state index in [0.29, 0.717) is 12.1 Å². The van der Waals surface area contributed by atoms with Crippen LogP contribution in [0.15, 0.2) is 30.5 Å². The molecular weight excluding hydrogens is 282 g/mol. The van der Waals surface area contributed by atoms with E-state index in [1.54, 1.807) is 11.3 Å². The van der Waals surface area contributed by atoms with Crippen molar-refractivity contribution in [3.05, 3.63) is 46.5 Å². The Bertz CT molecular complexity index is 609. The second kappa shape index (κ2) is 7.22. The van der Waals surface area contributed by atoms with Gasteiger partial charge in [-0.05, 0) is 38.0 Å². The zero-order chi connectivity index (χ0) is 15.2. The van der Waals surface area contributed by atoms with E-state index in [1.165, 1.54) is 4.88 Å². The number of nitrogens with zero attached hydrogens (tertiary/aromatic N) is 1. The average Bonchev–Trinajstić information content (AvgIpc) is 2.91. The van der Waals surface area contributed by atoms with Crippen LogP contribution < -0.4 is 10.6 Å². The number of carbonyl (C=O) groups is 1. The Morgan fingerprint density at radius 1 is 1.43 bits per heavy atom. The molecule has 0 aliphatic rings. The fraction of sp³-hybridized carbons (Fsp3) is 0.375. The predicted octanol–water partition coefficient (Wildman–Crippen LogP) is 3.59. The second-order valence-corrected chi connectivity index (χ2v) is 6.35. The van der Waals surface area contributed by atoms with Gasteiger partial charge in [0, 0.05) is 29.2 Å². The largest absolute Gasteiger partial charge is 0.357 e. The molecule has 0 aliphatic carbocycles. The molecule has 1 aromatic heterocycles. The summed E-state index contributed by atoms with van der Waals surface area (Å²) in [7, 11) is 0. The number of aromatic nitrogens is 1. The van der Waals surface area contributed by atoms with Crippen LogP contribution in [0.4, 0.5) is 5.13 Å². The smallest absolute Gasteiger partial charge is 0.251 e. The van der Waals surface area contributed by atoms with Gasteiger partial charge in [0.1, 0.15) is 0 Å². The molecule has 0 saturated carbocycles. The summed E-state index contributed by atoms with van der Waals surface area (Å²) >= 11 is 1.63.